The van der Waals surface area contributed by atoms with Gasteiger partial charge in [0.05, 0.1) is 0 Å². The molecule has 0 saturated carbocycles. The minimum absolute atomic E-state index is 0.00597. The fraction of sp³-hybridized carbons (Fsp3) is 0.409. The maximum Gasteiger partial charge on any atom is 0.258 e. The average Bonchev–Trinajstić information content (AvgIpc) is 3.16. The molecule has 2 aromatic rings. The molecule has 0 spiro atoms. The van der Waals surface area contributed by atoms with Crippen LogP contribution in [0.2, 0.25) is 5.02 Å². The third kappa shape index (κ3) is 5.72. The van der Waals surface area contributed by atoms with Crippen molar-refractivity contribution in [3.8, 4) is 5.75 Å². The minimum atomic E-state index is -0.134. The zero-order valence-electron chi connectivity index (χ0n) is 16.1. The van der Waals surface area contributed by atoms with Crippen LogP contribution in [0, 0.1) is 13.8 Å². The topological polar surface area (TPSA) is 41.6 Å². The number of nitrogens with one attached hydrogen (secondary N) is 1. The van der Waals surface area contributed by atoms with Gasteiger partial charge in [-0.1, -0.05) is 35.9 Å². The first-order valence-electron chi connectivity index (χ1n) is 9.47. The SMILES string of the molecule is Cc1cc(OCC(=O)NCc2cccc(CN3CCCC3)c2)cc(C)c1Cl. The standard InChI is InChI=1S/C22H27ClN2O2/c1-16-10-20(11-17(2)22(16)23)27-15-21(26)24-13-18-6-5-7-19(12-18)14-25-8-3-4-9-25/h5-7,10-12H,3-4,8-9,13-15H2,1-2H3,(H,24,26). The first-order valence-corrected chi connectivity index (χ1v) is 9.85. The zero-order valence-corrected chi connectivity index (χ0v) is 16.8. The van der Waals surface area contributed by atoms with Crippen molar-refractivity contribution in [3.63, 3.8) is 0 Å². The maximum absolute atomic E-state index is 12.1. The lowest BCUT2D eigenvalue weighted by Crippen LogP contribution is -2.28. The monoisotopic (exact) mass is 386 g/mol. The lowest BCUT2D eigenvalue weighted by molar-refractivity contribution is -0.123. The van der Waals surface area contributed by atoms with Gasteiger partial charge in [0.15, 0.2) is 6.61 Å². The van der Waals surface area contributed by atoms with Gasteiger partial charge in [0.25, 0.3) is 5.91 Å². The van der Waals surface area contributed by atoms with Crippen molar-refractivity contribution in [2.45, 2.75) is 39.8 Å². The summed E-state index contributed by atoms with van der Waals surface area (Å²) in [6.07, 6.45) is 2.59. The molecule has 1 saturated heterocycles. The summed E-state index contributed by atoms with van der Waals surface area (Å²) in [6.45, 7) is 7.71. The number of amides is 1. The zero-order chi connectivity index (χ0) is 19.2. The molecule has 144 valence electrons. The lowest BCUT2D eigenvalue weighted by atomic mass is 10.1. The van der Waals surface area contributed by atoms with Crippen LogP contribution in [0.5, 0.6) is 5.75 Å². The fourth-order valence-electron chi connectivity index (χ4n) is 3.43. The van der Waals surface area contributed by atoms with Gasteiger partial charge in [-0.15, -0.1) is 0 Å². The predicted molar refractivity (Wildman–Crippen MR) is 109 cm³/mol. The Balaban J connectivity index is 1.47. The number of aryl methyl sites for hydroxylation is 2. The van der Waals surface area contributed by atoms with E-state index in [0.29, 0.717) is 12.3 Å². The highest BCUT2D eigenvalue weighted by molar-refractivity contribution is 6.32. The van der Waals surface area contributed by atoms with Crippen molar-refractivity contribution >= 4 is 17.5 Å². The van der Waals surface area contributed by atoms with Gasteiger partial charge in [-0.25, -0.2) is 0 Å². The van der Waals surface area contributed by atoms with Crippen LogP contribution in [0.25, 0.3) is 0 Å². The summed E-state index contributed by atoms with van der Waals surface area (Å²) in [6, 6.07) is 12.1. The van der Waals surface area contributed by atoms with Crippen LogP contribution in [-0.2, 0) is 17.9 Å². The quantitative estimate of drug-likeness (QED) is 0.773. The Morgan fingerprint density at radius 3 is 2.48 bits per heavy atom. The van der Waals surface area contributed by atoms with Gasteiger partial charge in [-0.2, -0.15) is 0 Å². The summed E-state index contributed by atoms with van der Waals surface area (Å²) in [5, 5.41) is 3.66. The van der Waals surface area contributed by atoms with Crippen LogP contribution >= 0.6 is 11.6 Å². The van der Waals surface area contributed by atoms with Gasteiger partial charge in [-0.05, 0) is 74.2 Å². The molecule has 4 nitrogen and oxygen atoms in total. The molecule has 0 bridgehead atoms. The van der Waals surface area contributed by atoms with E-state index in [0.717, 1.165) is 28.3 Å². The van der Waals surface area contributed by atoms with Crippen molar-refractivity contribution in [1.29, 1.82) is 0 Å². The van der Waals surface area contributed by atoms with Crippen molar-refractivity contribution < 1.29 is 9.53 Å². The molecule has 1 heterocycles. The average molecular weight is 387 g/mol. The van der Waals surface area contributed by atoms with Gasteiger partial charge >= 0.3 is 0 Å². The number of ether oxygens (including phenoxy) is 1. The van der Waals surface area contributed by atoms with E-state index in [9.17, 15) is 4.79 Å². The second-order valence-electron chi connectivity index (χ2n) is 7.24. The molecule has 0 aliphatic carbocycles. The van der Waals surface area contributed by atoms with E-state index >= 15 is 0 Å². The lowest BCUT2D eigenvalue weighted by Gasteiger charge is -2.15. The second-order valence-corrected chi connectivity index (χ2v) is 7.62. The molecular formula is C22H27ClN2O2. The third-order valence-corrected chi connectivity index (χ3v) is 5.46. The second kappa shape index (κ2) is 9.25. The first-order chi connectivity index (χ1) is 13.0. The number of carbonyl (C=O) groups is 1. The van der Waals surface area contributed by atoms with Gasteiger partial charge in [-0.3, -0.25) is 9.69 Å². The summed E-state index contributed by atoms with van der Waals surface area (Å²) in [7, 11) is 0. The van der Waals surface area contributed by atoms with Crippen molar-refractivity contribution in [2.75, 3.05) is 19.7 Å². The summed E-state index contributed by atoms with van der Waals surface area (Å²) < 4.78 is 5.61. The van der Waals surface area contributed by atoms with E-state index < -0.39 is 0 Å². The van der Waals surface area contributed by atoms with E-state index in [1.807, 2.05) is 32.0 Å². The Morgan fingerprint density at radius 1 is 1.11 bits per heavy atom. The minimum Gasteiger partial charge on any atom is -0.484 e. The molecule has 2 aromatic carbocycles. The van der Waals surface area contributed by atoms with Crippen molar-refractivity contribution in [1.82, 2.24) is 10.2 Å². The van der Waals surface area contributed by atoms with Crippen LogP contribution in [-0.4, -0.2) is 30.5 Å². The van der Waals surface area contributed by atoms with Crippen molar-refractivity contribution in [2.24, 2.45) is 0 Å². The van der Waals surface area contributed by atoms with Crippen LogP contribution < -0.4 is 10.1 Å². The summed E-state index contributed by atoms with van der Waals surface area (Å²) in [4.78, 5) is 14.6. The molecule has 1 N–H and O–H groups in total. The molecule has 27 heavy (non-hydrogen) atoms. The first kappa shape index (κ1) is 19.7. The van der Waals surface area contributed by atoms with E-state index in [2.05, 4.69) is 28.4 Å². The van der Waals surface area contributed by atoms with Gasteiger partial charge < -0.3 is 10.1 Å². The van der Waals surface area contributed by atoms with Gasteiger partial charge in [0.1, 0.15) is 5.75 Å². The van der Waals surface area contributed by atoms with E-state index in [-0.39, 0.29) is 12.5 Å². The number of rotatable bonds is 7. The van der Waals surface area contributed by atoms with Gasteiger partial charge in [0, 0.05) is 18.1 Å². The number of hydrogen-bond donors (Lipinski definition) is 1. The Morgan fingerprint density at radius 2 is 1.78 bits per heavy atom. The molecule has 3 rings (SSSR count). The van der Waals surface area contributed by atoms with Crippen molar-refractivity contribution in [3.05, 3.63) is 63.7 Å². The summed E-state index contributed by atoms with van der Waals surface area (Å²) in [5.41, 5.74) is 4.30. The maximum atomic E-state index is 12.1. The number of carbonyl (C=O) groups excluding carboxylic acids is 1. The molecule has 1 aliphatic heterocycles. The number of benzene rings is 2. The summed E-state index contributed by atoms with van der Waals surface area (Å²) >= 11 is 6.16. The Hall–Kier alpha value is -2.04. The molecule has 0 unspecified atom stereocenters. The smallest absolute Gasteiger partial charge is 0.258 e. The normalized spacial score (nSPS) is 14.3. The Bertz CT molecular complexity index is 778. The van der Waals surface area contributed by atoms with Crippen LogP contribution in [0.3, 0.4) is 0 Å². The Kier molecular flexibility index (Phi) is 6.75. The molecule has 1 aliphatic rings. The highest BCUT2D eigenvalue weighted by atomic mass is 35.5. The highest BCUT2D eigenvalue weighted by Crippen LogP contribution is 2.25. The summed E-state index contributed by atoms with van der Waals surface area (Å²) in [5.74, 6) is 0.530. The molecule has 0 radical (unpaired) electrons. The van der Waals surface area contributed by atoms with Crippen LogP contribution in [0.4, 0.5) is 0 Å². The van der Waals surface area contributed by atoms with Gasteiger partial charge in [0.2, 0.25) is 0 Å². The molecule has 1 amide bonds. The molecule has 0 aromatic heterocycles. The molecule has 1 fully saturated rings. The molecular weight excluding hydrogens is 360 g/mol. The van der Waals surface area contributed by atoms with E-state index in [4.69, 9.17) is 16.3 Å². The number of halogens is 1. The van der Waals surface area contributed by atoms with E-state index in [1.54, 1.807) is 0 Å². The fourth-order valence-corrected chi connectivity index (χ4v) is 3.54. The largest absolute Gasteiger partial charge is 0.484 e. The third-order valence-electron chi connectivity index (χ3n) is 4.87. The van der Waals surface area contributed by atoms with E-state index in [1.165, 1.54) is 31.5 Å². The number of likely N-dealkylation sites (tertiary alicyclic amines) is 1. The van der Waals surface area contributed by atoms with Crippen LogP contribution in [0.15, 0.2) is 36.4 Å². The molecule has 5 heteroatoms. The predicted octanol–water partition coefficient (Wildman–Crippen LogP) is 4.25. The Labute approximate surface area is 166 Å². The van der Waals surface area contributed by atoms with Crippen LogP contribution in [0.1, 0.15) is 35.1 Å². The number of nitrogens with zero attached hydrogens (tertiary/aromatic N) is 1. The highest BCUT2D eigenvalue weighted by Gasteiger charge is 2.12. The number of hydrogen-bond acceptors (Lipinski definition) is 3. The molecule has 0 atom stereocenters.